The Labute approximate surface area is 108 Å². The minimum Gasteiger partial charge on any atom is -0.396 e. The van der Waals surface area contributed by atoms with Crippen LogP contribution in [0.3, 0.4) is 0 Å². The number of hydrogen-bond acceptors (Lipinski definition) is 2. The summed E-state index contributed by atoms with van der Waals surface area (Å²) >= 11 is 0. The van der Waals surface area contributed by atoms with Gasteiger partial charge in [0.05, 0.1) is 0 Å². The van der Waals surface area contributed by atoms with E-state index >= 15 is 0 Å². The standard InChI is InChI=1S/C16H19NO/c18-12-6-10-15-9-4-5-11-16(15)17-13-14-7-2-1-3-8-14/h1-5,7-9,11,17-18H,6,10,12-13H2. The Morgan fingerprint density at radius 3 is 2.39 bits per heavy atom. The third-order valence-corrected chi connectivity index (χ3v) is 2.95. The molecule has 2 nitrogen and oxygen atoms in total. The van der Waals surface area contributed by atoms with Crippen LogP contribution in [0, 0.1) is 0 Å². The van der Waals surface area contributed by atoms with Crippen molar-refractivity contribution in [2.24, 2.45) is 0 Å². The average molecular weight is 241 g/mol. The van der Waals surface area contributed by atoms with E-state index in [-0.39, 0.29) is 6.61 Å². The normalized spacial score (nSPS) is 10.3. The van der Waals surface area contributed by atoms with Crippen molar-refractivity contribution >= 4 is 5.69 Å². The third-order valence-electron chi connectivity index (χ3n) is 2.95. The maximum Gasteiger partial charge on any atom is 0.0434 e. The molecule has 2 N–H and O–H groups in total. The third kappa shape index (κ3) is 3.60. The summed E-state index contributed by atoms with van der Waals surface area (Å²) < 4.78 is 0. The van der Waals surface area contributed by atoms with E-state index in [0.717, 1.165) is 25.1 Å². The lowest BCUT2D eigenvalue weighted by Crippen LogP contribution is -2.02. The SMILES string of the molecule is OCCCc1ccccc1NCc1ccccc1. The van der Waals surface area contributed by atoms with Gasteiger partial charge in [0, 0.05) is 18.8 Å². The molecule has 2 heteroatoms. The van der Waals surface area contributed by atoms with Gasteiger partial charge in [0.25, 0.3) is 0 Å². The molecular formula is C16H19NO. The van der Waals surface area contributed by atoms with Crippen LogP contribution < -0.4 is 5.32 Å². The number of benzene rings is 2. The summed E-state index contributed by atoms with van der Waals surface area (Å²) in [4.78, 5) is 0. The Bertz CT molecular complexity index is 468. The van der Waals surface area contributed by atoms with E-state index in [1.807, 2.05) is 18.2 Å². The lowest BCUT2D eigenvalue weighted by molar-refractivity contribution is 0.288. The molecule has 0 bridgehead atoms. The van der Waals surface area contributed by atoms with Crippen LogP contribution >= 0.6 is 0 Å². The van der Waals surface area contributed by atoms with Gasteiger partial charge in [0.1, 0.15) is 0 Å². The van der Waals surface area contributed by atoms with Gasteiger partial charge in [-0.15, -0.1) is 0 Å². The van der Waals surface area contributed by atoms with Crippen molar-refractivity contribution in [3.8, 4) is 0 Å². The van der Waals surface area contributed by atoms with Gasteiger partial charge in [0.2, 0.25) is 0 Å². The summed E-state index contributed by atoms with van der Waals surface area (Å²) in [7, 11) is 0. The molecule has 0 spiro atoms. The molecule has 0 atom stereocenters. The summed E-state index contributed by atoms with van der Waals surface area (Å²) in [5.41, 5.74) is 3.70. The van der Waals surface area contributed by atoms with Crippen molar-refractivity contribution in [2.75, 3.05) is 11.9 Å². The van der Waals surface area contributed by atoms with Gasteiger partial charge in [-0.1, -0.05) is 48.5 Å². The number of aliphatic hydroxyl groups is 1. The van der Waals surface area contributed by atoms with Crippen LogP contribution in [0.2, 0.25) is 0 Å². The van der Waals surface area contributed by atoms with E-state index in [9.17, 15) is 0 Å². The van der Waals surface area contributed by atoms with Crippen LogP contribution in [0.1, 0.15) is 17.5 Å². The number of aryl methyl sites for hydroxylation is 1. The van der Waals surface area contributed by atoms with E-state index in [1.165, 1.54) is 11.1 Å². The molecule has 0 amide bonds. The molecule has 2 rings (SSSR count). The molecule has 0 unspecified atom stereocenters. The monoisotopic (exact) mass is 241 g/mol. The lowest BCUT2D eigenvalue weighted by Gasteiger charge is -2.11. The predicted molar refractivity (Wildman–Crippen MR) is 75.6 cm³/mol. The first kappa shape index (κ1) is 12.7. The Kier molecular flexibility index (Phi) is 4.79. The van der Waals surface area contributed by atoms with E-state index in [4.69, 9.17) is 5.11 Å². The number of rotatable bonds is 6. The summed E-state index contributed by atoms with van der Waals surface area (Å²) in [5, 5.41) is 12.4. The first-order chi connectivity index (χ1) is 8.90. The van der Waals surface area contributed by atoms with Gasteiger partial charge in [-0.2, -0.15) is 0 Å². The van der Waals surface area contributed by atoms with Crippen LogP contribution in [0.25, 0.3) is 0 Å². The molecule has 0 fully saturated rings. The zero-order chi connectivity index (χ0) is 12.6. The van der Waals surface area contributed by atoms with Crippen LogP contribution in [0.5, 0.6) is 0 Å². The molecule has 94 valence electrons. The van der Waals surface area contributed by atoms with Crippen molar-refractivity contribution in [1.29, 1.82) is 0 Å². The van der Waals surface area contributed by atoms with Crippen LogP contribution in [-0.2, 0) is 13.0 Å². The van der Waals surface area contributed by atoms with E-state index in [2.05, 4.69) is 41.7 Å². The molecular weight excluding hydrogens is 222 g/mol. The first-order valence-electron chi connectivity index (χ1n) is 6.36. The summed E-state index contributed by atoms with van der Waals surface area (Å²) in [6, 6.07) is 18.6. The molecule has 0 aliphatic heterocycles. The fourth-order valence-corrected chi connectivity index (χ4v) is 1.97. The van der Waals surface area contributed by atoms with Crippen molar-refractivity contribution in [3.05, 3.63) is 65.7 Å². The highest BCUT2D eigenvalue weighted by molar-refractivity contribution is 5.51. The van der Waals surface area contributed by atoms with Crippen LogP contribution in [0.4, 0.5) is 5.69 Å². The molecule has 0 saturated heterocycles. The molecule has 0 heterocycles. The fourth-order valence-electron chi connectivity index (χ4n) is 1.97. The summed E-state index contributed by atoms with van der Waals surface area (Å²) in [6.45, 7) is 1.07. The number of aliphatic hydroxyl groups excluding tert-OH is 1. The van der Waals surface area contributed by atoms with Crippen LogP contribution in [0.15, 0.2) is 54.6 Å². The molecule has 2 aromatic carbocycles. The predicted octanol–water partition coefficient (Wildman–Crippen LogP) is 3.22. The molecule has 0 saturated carbocycles. The quantitative estimate of drug-likeness (QED) is 0.814. The van der Waals surface area contributed by atoms with Gasteiger partial charge in [-0.3, -0.25) is 0 Å². The fraction of sp³-hybridized carbons (Fsp3) is 0.250. The second-order valence-electron chi connectivity index (χ2n) is 4.32. The van der Waals surface area contributed by atoms with Gasteiger partial charge >= 0.3 is 0 Å². The summed E-state index contributed by atoms with van der Waals surface area (Å²) in [6.07, 6.45) is 1.72. The van der Waals surface area contributed by atoms with Gasteiger partial charge in [0.15, 0.2) is 0 Å². The number of nitrogens with one attached hydrogen (secondary N) is 1. The van der Waals surface area contributed by atoms with Crippen molar-refractivity contribution in [1.82, 2.24) is 0 Å². The molecule has 0 aliphatic rings. The van der Waals surface area contributed by atoms with Gasteiger partial charge < -0.3 is 10.4 Å². The van der Waals surface area contributed by atoms with E-state index < -0.39 is 0 Å². The highest BCUT2D eigenvalue weighted by Crippen LogP contribution is 2.17. The minimum atomic E-state index is 0.243. The molecule has 18 heavy (non-hydrogen) atoms. The second kappa shape index (κ2) is 6.82. The van der Waals surface area contributed by atoms with Gasteiger partial charge in [-0.05, 0) is 30.0 Å². The molecule has 0 aliphatic carbocycles. The number of hydrogen-bond donors (Lipinski definition) is 2. The zero-order valence-corrected chi connectivity index (χ0v) is 10.5. The Balaban J connectivity index is 2.00. The number of anilines is 1. The Morgan fingerprint density at radius 2 is 1.61 bits per heavy atom. The number of para-hydroxylation sites is 1. The molecule has 2 aromatic rings. The highest BCUT2D eigenvalue weighted by Gasteiger charge is 2.01. The van der Waals surface area contributed by atoms with Crippen molar-refractivity contribution in [3.63, 3.8) is 0 Å². The van der Waals surface area contributed by atoms with Crippen molar-refractivity contribution < 1.29 is 5.11 Å². The Hall–Kier alpha value is -1.80. The maximum absolute atomic E-state index is 8.91. The van der Waals surface area contributed by atoms with Gasteiger partial charge in [-0.25, -0.2) is 0 Å². The lowest BCUT2D eigenvalue weighted by atomic mass is 10.1. The van der Waals surface area contributed by atoms with Crippen molar-refractivity contribution in [2.45, 2.75) is 19.4 Å². The van der Waals surface area contributed by atoms with E-state index in [1.54, 1.807) is 0 Å². The average Bonchev–Trinajstić information content (AvgIpc) is 2.45. The topological polar surface area (TPSA) is 32.3 Å². The van der Waals surface area contributed by atoms with Crippen LogP contribution in [-0.4, -0.2) is 11.7 Å². The minimum absolute atomic E-state index is 0.243. The second-order valence-corrected chi connectivity index (χ2v) is 4.32. The highest BCUT2D eigenvalue weighted by atomic mass is 16.2. The Morgan fingerprint density at radius 1 is 0.889 bits per heavy atom. The zero-order valence-electron chi connectivity index (χ0n) is 10.5. The maximum atomic E-state index is 8.91. The van der Waals surface area contributed by atoms with E-state index in [0.29, 0.717) is 0 Å². The largest absolute Gasteiger partial charge is 0.396 e. The first-order valence-corrected chi connectivity index (χ1v) is 6.36. The smallest absolute Gasteiger partial charge is 0.0434 e. The molecule has 0 aromatic heterocycles. The molecule has 0 radical (unpaired) electrons. The summed E-state index contributed by atoms with van der Waals surface area (Å²) in [5.74, 6) is 0.